The first kappa shape index (κ1) is 10.7. The molecule has 0 spiro atoms. The van der Waals surface area contributed by atoms with E-state index in [1.807, 2.05) is 17.8 Å². The lowest BCUT2D eigenvalue weighted by Crippen LogP contribution is -2.40. The molecule has 1 aromatic rings. The normalized spacial score (nSPS) is 30.2. The van der Waals surface area contributed by atoms with Crippen molar-refractivity contribution in [2.24, 2.45) is 5.92 Å². The molecular weight excluding hydrogens is 288 g/mol. The van der Waals surface area contributed by atoms with Crippen LogP contribution in [0.2, 0.25) is 0 Å². The van der Waals surface area contributed by atoms with Gasteiger partial charge in [0, 0.05) is 20.5 Å². The maximum absolute atomic E-state index is 11.6. The second-order valence-corrected chi connectivity index (χ2v) is 6.33. The van der Waals surface area contributed by atoms with Crippen LogP contribution in [0.25, 0.3) is 0 Å². The maximum atomic E-state index is 11.6. The van der Waals surface area contributed by atoms with E-state index in [1.54, 1.807) is 0 Å². The number of hydrogen-bond donors (Lipinski definition) is 0. The average Bonchev–Trinajstić information content (AvgIpc) is 2.53. The van der Waals surface area contributed by atoms with E-state index in [0.717, 1.165) is 10.9 Å². The topological polar surface area (TPSA) is 26.3 Å². The van der Waals surface area contributed by atoms with Crippen LogP contribution >= 0.6 is 27.7 Å². The number of hydrogen-bond acceptors (Lipinski definition) is 3. The van der Waals surface area contributed by atoms with Gasteiger partial charge in [0.05, 0.1) is 13.0 Å². The van der Waals surface area contributed by atoms with Crippen LogP contribution in [0, 0.1) is 5.92 Å². The molecule has 3 unspecified atom stereocenters. The van der Waals surface area contributed by atoms with E-state index in [2.05, 4.69) is 28.1 Å². The Kier molecular flexibility index (Phi) is 2.51. The number of carbonyl (C=O) groups is 1. The van der Waals surface area contributed by atoms with Crippen molar-refractivity contribution in [3.63, 3.8) is 0 Å². The number of benzene rings is 1. The van der Waals surface area contributed by atoms with Crippen molar-refractivity contribution in [2.45, 2.75) is 22.5 Å². The number of thioether (sulfide) groups is 1. The molecule has 1 aliphatic heterocycles. The summed E-state index contributed by atoms with van der Waals surface area (Å²) in [5.41, 5.74) is 1.30. The summed E-state index contributed by atoms with van der Waals surface area (Å²) in [6.45, 7) is 0. The highest BCUT2D eigenvalue weighted by Gasteiger charge is 2.52. The van der Waals surface area contributed by atoms with E-state index in [0.29, 0.717) is 11.2 Å². The lowest BCUT2D eigenvalue weighted by atomic mass is 9.70. The Balaban J connectivity index is 1.98. The Labute approximate surface area is 107 Å². The Morgan fingerprint density at radius 2 is 2.38 bits per heavy atom. The van der Waals surface area contributed by atoms with Crippen LogP contribution in [0.5, 0.6) is 0 Å². The minimum absolute atomic E-state index is 0.0578. The Bertz CT molecular complexity index is 460. The van der Waals surface area contributed by atoms with Crippen molar-refractivity contribution in [1.82, 2.24) is 0 Å². The highest BCUT2D eigenvalue weighted by Crippen LogP contribution is 2.60. The molecule has 0 radical (unpaired) electrons. The number of fused-ring (bicyclic) bond motifs is 3. The van der Waals surface area contributed by atoms with Crippen LogP contribution in [0.4, 0.5) is 0 Å². The molecule has 3 atom stereocenters. The minimum atomic E-state index is -0.0644. The number of methoxy groups -OCH3 is 1. The van der Waals surface area contributed by atoms with Gasteiger partial charge < -0.3 is 4.74 Å². The molecular formula is C12H11BrO2S. The summed E-state index contributed by atoms with van der Waals surface area (Å²) in [5.74, 6) is 0.343. The third kappa shape index (κ3) is 1.36. The molecule has 84 valence electrons. The second kappa shape index (κ2) is 3.77. The van der Waals surface area contributed by atoms with Gasteiger partial charge in [0.15, 0.2) is 0 Å². The van der Waals surface area contributed by atoms with Gasteiger partial charge in [-0.15, -0.1) is 11.8 Å². The second-order valence-electron chi connectivity index (χ2n) is 4.20. The molecule has 2 nitrogen and oxygen atoms in total. The average molecular weight is 299 g/mol. The molecule has 0 saturated heterocycles. The number of halogens is 1. The first-order chi connectivity index (χ1) is 7.72. The summed E-state index contributed by atoms with van der Waals surface area (Å²) in [6.07, 6.45) is 0.948. The van der Waals surface area contributed by atoms with Gasteiger partial charge in [-0.25, -0.2) is 0 Å². The van der Waals surface area contributed by atoms with E-state index in [-0.39, 0.29) is 11.9 Å². The molecule has 1 fully saturated rings. The summed E-state index contributed by atoms with van der Waals surface area (Å²) < 4.78 is 5.98. The number of rotatable bonds is 1. The monoisotopic (exact) mass is 298 g/mol. The van der Waals surface area contributed by atoms with Gasteiger partial charge in [0.1, 0.15) is 0 Å². The number of ether oxygens (including phenoxy) is 1. The zero-order valence-corrected chi connectivity index (χ0v) is 11.2. The van der Waals surface area contributed by atoms with Crippen LogP contribution in [0.1, 0.15) is 17.9 Å². The van der Waals surface area contributed by atoms with Crippen LogP contribution in [-0.2, 0) is 9.53 Å². The molecule has 0 amide bonds. The first-order valence-electron chi connectivity index (χ1n) is 5.25. The summed E-state index contributed by atoms with van der Waals surface area (Å²) in [7, 11) is 1.47. The summed E-state index contributed by atoms with van der Waals surface area (Å²) >= 11 is 5.48. The molecule has 1 heterocycles. The predicted octanol–water partition coefficient (Wildman–Crippen LogP) is 3.20. The summed E-state index contributed by atoms with van der Waals surface area (Å²) in [5, 5.41) is 0.567. The minimum Gasteiger partial charge on any atom is -0.469 e. The van der Waals surface area contributed by atoms with Gasteiger partial charge in [-0.2, -0.15) is 0 Å². The molecule has 4 heteroatoms. The van der Waals surface area contributed by atoms with E-state index in [4.69, 9.17) is 4.74 Å². The van der Waals surface area contributed by atoms with Gasteiger partial charge in [-0.3, -0.25) is 4.79 Å². The Morgan fingerprint density at radius 1 is 1.56 bits per heavy atom. The highest BCUT2D eigenvalue weighted by atomic mass is 79.9. The van der Waals surface area contributed by atoms with E-state index in [9.17, 15) is 4.79 Å². The number of esters is 1. The summed E-state index contributed by atoms with van der Waals surface area (Å²) in [4.78, 5) is 12.9. The van der Waals surface area contributed by atoms with E-state index >= 15 is 0 Å². The third-order valence-corrected chi connectivity index (χ3v) is 5.54. The molecule has 0 N–H and O–H groups in total. The predicted molar refractivity (Wildman–Crippen MR) is 66.7 cm³/mol. The van der Waals surface area contributed by atoms with Gasteiger partial charge in [0.2, 0.25) is 0 Å². The van der Waals surface area contributed by atoms with Crippen LogP contribution in [0.3, 0.4) is 0 Å². The van der Waals surface area contributed by atoms with Gasteiger partial charge in [0.25, 0.3) is 0 Å². The number of carbonyl (C=O) groups excluding carboxylic acids is 1. The van der Waals surface area contributed by atoms with E-state index in [1.165, 1.54) is 17.6 Å². The standard InChI is InChI=1S/C12H11BrO2S/c1-15-12(14)6-5-9-10(6)11-7(13)3-2-4-8(11)16-9/h2-4,6,9-10H,5H2,1H3. The molecule has 16 heavy (non-hydrogen) atoms. The lowest BCUT2D eigenvalue weighted by Gasteiger charge is -2.38. The maximum Gasteiger partial charge on any atom is 0.309 e. The highest BCUT2D eigenvalue weighted by molar-refractivity contribution is 9.10. The molecule has 1 aromatic carbocycles. The van der Waals surface area contributed by atoms with Crippen molar-refractivity contribution in [3.8, 4) is 0 Å². The SMILES string of the molecule is COC(=O)C1CC2Sc3cccc(Br)c3C21. The fourth-order valence-corrected chi connectivity index (χ4v) is 5.01. The van der Waals surface area contributed by atoms with Crippen molar-refractivity contribution < 1.29 is 9.53 Å². The zero-order chi connectivity index (χ0) is 11.3. The van der Waals surface area contributed by atoms with Gasteiger partial charge in [-0.1, -0.05) is 22.0 Å². The molecule has 1 aliphatic carbocycles. The Hall–Kier alpha value is -0.480. The molecule has 0 bridgehead atoms. The molecule has 1 saturated carbocycles. The largest absolute Gasteiger partial charge is 0.469 e. The van der Waals surface area contributed by atoms with Gasteiger partial charge in [-0.05, 0) is 24.1 Å². The van der Waals surface area contributed by atoms with Crippen LogP contribution in [-0.4, -0.2) is 18.3 Å². The van der Waals surface area contributed by atoms with Gasteiger partial charge >= 0.3 is 5.97 Å². The Morgan fingerprint density at radius 3 is 3.12 bits per heavy atom. The molecule has 3 rings (SSSR count). The van der Waals surface area contributed by atoms with Crippen molar-refractivity contribution in [2.75, 3.05) is 7.11 Å². The fourth-order valence-electron chi connectivity index (χ4n) is 2.62. The van der Waals surface area contributed by atoms with Crippen molar-refractivity contribution in [1.29, 1.82) is 0 Å². The fraction of sp³-hybridized carbons (Fsp3) is 0.417. The third-order valence-electron chi connectivity index (χ3n) is 3.45. The zero-order valence-electron chi connectivity index (χ0n) is 8.77. The van der Waals surface area contributed by atoms with Crippen molar-refractivity contribution >= 4 is 33.7 Å². The van der Waals surface area contributed by atoms with Crippen molar-refractivity contribution in [3.05, 3.63) is 28.2 Å². The lowest BCUT2D eigenvalue weighted by molar-refractivity contribution is -0.149. The molecule has 0 aromatic heterocycles. The smallest absolute Gasteiger partial charge is 0.309 e. The van der Waals surface area contributed by atoms with Crippen LogP contribution in [0.15, 0.2) is 27.6 Å². The quantitative estimate of drug-likeness (QED) is 0.745. The van der Waals surface area contributed by atoms with Crippen LogP contribution < -0.4 is 0 Å². The molecule has 2 aliphatic rings. The van der Waals surface area contributed by atoms with E-state index < -0.39 is 0 Å². The summed E-state index contributed by atoms with van der Waals surface area (Å²) in [6, 6.07) is 6.24. The first-order valence-corrected chi connectivity index (χ1v) is 6.92.